The van der Waals surface area contributed by atoms with Gasteiger partial charge in [0.2, 0.25) is 0 Å². The molecule has 0 heterocycles. The first-order valence-corrected chi connectivity index (χ1v) is 24.0. The van der Waals surface area contributed by atoms with Crippen molar-refractivity contribution in [3.05, 3.63) is 36.5 Å². The molecule has 0 aliphatic carbocycles. The number of hydrogen-bond acceptors (Lipinski definition) is 7. The van der Waals surface area contributed by atoms with Gasteiger partial charge >= 0.3 is 11.9 Å². The van der Waals surface area contributed by atoms with Crippen molar-refractivity contribution in [2.75, 3.05) is 41.0 Å². The number of carboxylic acid groups (broad SMARTS) is 1. The van der Waals surface area contributed by atoms with Crippen LogP contribution in [0.25, 0.3) is 0 Å². The SMILES string of the molecule is CCCCCC/C=C/C=C/CCCCCCCCCCCCC(=O)OCC(COCCC(C(=O)[O-])[N+](C)(C)C)OC(=O)CCCCC/C=C/CCCCCCCCC. The lowest BCUT2D eigenvalue weighted by Gasteiger charge is -2.34. The van der Waals surface area contributed by atoms with Crippen molar-refractivity contribution in [2.45, 2.75) is 225 Å². The largest absolute Gasteiger partial charge is 0.544 e. The number of rotatable bonds is 43. The third-order valence-electron chi connectivity index (χ3n) is 10.8. The minimum absolute atomic E-state index is 0.0351. The molecule has 0 saturated heterocycles. The monoisotopic (exact) mass is 818 g/mol. The van der Waals surface area contributed by atoms with Crippen LogP contribution in [0.2, 0.25) is 0 Å². The average molecular weight is 818 g/mol. The Hall–Kier alpha value is -2.45. The molecule has 2 unspecified atom stereocenters. The summed E-state index contributed by atoms with van der Waals surface area (Å²) in [6, 6.07) is -0.728. The van der Waals surface area contributed by atoms with Crippen LogP contribution in [0.1, 0.15) is 213 Å². The lowest BCUT2D eigenvalue weighted by Crippen LogP contribution is -2.55. The van der Waals surface area contributed by atoms with Gasteiger partial charge < -0.3 is 28.6 Å². The van der Waals surface area contributed by atoms with Gasteiger partial charge in [-0.1, -0.05) is 166 Å². The van der Waals surface area contributed by atoms with E-state index in [2.05, 4.69) is 50.3 Å². The van der Waals surface area contributed by atoms with E-state index in [1.54, 1.807) is 21.1 Å². The van der Waals surface area contributed by atoms with Crippen LogP contribution in [0, 0.1) is 0 Å². The third-order valence-corrected chi connectivity index (χ3v) is 10.8. The van der Waals surface area contributed by atoms with Crippen LogP contribution in [-0.4, -0.2) is 75.5 Å². The number of hydrogen-bond donors (Lipinski definition) is 0. The fourth-order valence-corrected chi connectivity index (χ4v) is 7.00. The van der Waals surface area contributed by atoms with Gasteiger partial charge in [-0.3, -0.25) is 9.59 Å². The molecule has 58 heavy (non-hydrogen) atoms. The molecule has 0 N–H and O–H groups in total. The Kier molecular flexibility index (Phi) is 39.5. The van der Waals surface area contributed by atoms with Crippen LogP contribution in [0.4, 0.5) is 0 Å². The Balaban J connectivity index is 4.28. The Bertz CT molecular complexity index is 1050. The highest BCUT2D eigenvalue weighted by Crippen LogP contribution is 2.14. The lowest BCUT2D eigenvalue weighted by molar-refractivity contribution is -0.889. The standard InChI is InChI=1S/C50H91NO7/c1-6-8-10-12-14-16-18-20-22-23-24-25-26-27-29-30-32-34-36-38-40-48(52)57-45-46(44-56-43-42-47(50(54)55)51(3,4)5)58-49(53)41-39-37-35-33-31-28-21-19-17-15-13-11-9-7-2/h16,18,20,22,28,31,46-47H,6-15,17,19,21,23-27,29-30,32-45H2,1-5H3/b18-16+,22-20+,31-28+. The molecule has 0 aromatic carbocycles. The number of nitrogens with zero attached hydrogens (tertiary/aromatic N) is 1. The first-order valence-electron chi connectivity index (χ1n) is 24.0. The summed E-state index contributed by atoms with van der Waals surface area (Å²) in [5, 5.41) is 11.6. The van der Waals surface area contributed by atoms with E-state index < -0.39 is 18.1 Å². The minimum atomic E-state index is -1.13. The molecule has 338 valence electrons. The Morgan fingerprint density at radius 1 is 0.517 bits per heavy atom. The molecule has 0 radical (unpaired) electrons. The van der Waals surface area contributed by atoms with E-state index in [1.165, 1.54) is 128 Å². The van der Waals surface area contributed by atoms with Gasteiger partial charge in [-0.2, -0.15) is 0 Å². The molecule has 0 aromatic heterocycles. The number of ether oxygens (including phenoxy) is 3. The fraction of sp³-hybridized carbons (Fsp3) is 0.820. The van der Waals surface area contributed by atoms with Crippen LogP contribution < -0.4 is 5.11 Å². The summed E-state index contributed by atoms with van der Waals surface area (Å²) in [6.07, 6.45) is 47.4. The predicted molar refractivity (Wildman–Crippen MR) is 240 cm³/mol. The van der Waals surface area contributed by atoms with Crippen LogP contribution in [0.15, 0.2) is 36.5 Å². The molecule has 0 saturated carbocycles. The number of aliphatic carboxylic acids is 1. The van der Waals surface area contributed by atoms with Gasteiger partial charge in [0, 0.05) is 19.3 Å². The van der Waals surface area contributed by atoms with E-state index in [1.807, 2.05) is 0 Å². The van der Waals surface area contributed by atoms with Gasteiger partial charge in [-0.15, -0.1) is 0 Å². The predicted octanol–water partition coefficient (Wildman–Crippen LogP) is 12.1. The highest BCUT2D eigenvalue weighted by atomic mass is 16.6. The Morgan fingerprint density at radius 3 is 1.38 bits per heavy atom. The highest BCUT2D eigenvalue weighted by molar-refractivity contribution is 5.70. The number of unbranched alkanes of at least 4 members (excludes halogenated alkanes) is 24. The molecule has 0 spiro atoms. The summed E-state index contributed by atoms with van der Waals surface area (Å²) in [4.78, 5) is 36.9. The molecular weight excluding hydrogens is 727 g/mol. The molecule has 0 rings (SSSR count). The maximum atomic E-state index is 12.7. The zero-order valence-corrected chi connectivity index (χ0v) is 38.5. The van der Waals surface area contributed by atoms with E-state index in [4.69, 9.17) is 14.2 Å². The Labute approximate surface area is 357 Å². The first-order chi connectivity index (χ1) is 28.1. The minimum Gasteiger partial charge on any atom is -0.544 e. The third kappa shape index (κ3) is 39.0. The zero-order valence-electron chi connectivity index (χ0n) is 38.5. The van der Waals surface area contributed by atoms with Gasteiger partial charge in [-0.05, 0) is 64.2 Å². The van der Waals surface area contributed by atoms with Crippen LogP contribution >= 0.6 is 0 Å². The molecule has 0 aliphatic rings. The van der Waals surface area contributed by atoms with Crippen LogP contribution in [0.5, 0.6) is 0 Å². The van der Waals surface area contributed by atoms with E-state index in [0.29, 0.717) is 12.8 Å². The molecular formula is C50H91NO7. The van der Waals surface area contributed by atoms with Crippen LogP contribution in [0.3, 0.4) is 0 Å². The normalized spacial score (nSPS) is 13.2. The smallest absolute Gasteiger partial charge is 0.306 e. The molecule has 2 atom stereocenters. The summed E-state index contributed by atoms with van der Waals surface area (Å²) in [5.74, 6) is -1.75. The van der Waals surface area contributed by atoms with Crippen molar-refractivity contribution in [3.8, 4) is 0 Å². The number of carboxylic acids is 1. The second-order valence-corrected chi connectivity index (χ2v) is 17.4. The van der Waals surface area contributed by atoms with E-state index in [0.717, 1.165) is 51.4 Å². The quantitative estimate of drug-likeness (QED) is 0.0198. The topological polar surface area (TPSA) is 102 Å². The number of carbonyl (C=O) groups excluding carboxylic acids is 3. The molecule has 8 nitrogen and oxygen atoms in total. The fourth-order valence-electron chi connectivity index (χ4n) is 7.00. The molecule has 0 aliphatic heterocycles. The van der Waals surface area contributed by atoms with Gasteiger partial charge in [0.25, 0.3) is 0 Å². The second kappa shape index (κ2) is 41.3. The van der Waals surface area contributed by atoms with Gasteiger partial charge in [0.15, 0.2) is 6.10 Å². The molecule has 0 aromatic rings. The van der Waals surface area contributed by atoms with Crippen molar-refractivity contribution in [1.29, 1.82) is 0 Å². The number of quaternary nitrogens is 1. The van der Waals surface area contributed by atoms with E-state index >= 15 is 0 Å². The Morgan fingerprint density at radius 2 is 0.914 bits per heavy atom. The van der Waals surface area contributed by atoms with E-state index in [-0.39, 0.29) is 42.7 Å². The summed E-state index contributed by atoms with van der Waals surface area (Å²) in [6.45, 7) is 4.63. The average Bonchev–Trinajstić information content (AvgIpc) is 3.18. The molecule has 8 heteroatoms. The zero-order chi connectivity index (χ0) is 42.8. The first kappa shape index (κ1) is 55.5. The highest BCUT2D eigenvalue weighted by Gasteiger charge is 2.25. The second-order valence-electron chi connectivity index (χ2n) is 17.4. The maximum Gasteiger partial charge on any atom is 0.306 e. The molecule has 0 fully saturated rings. The summed E-state index contributed by atoms with van der Waals surface area (Å²) < 4.78 is 17.2. The van der Waals surface area contributed by atoms with Gasteiger partial charge in [-0.25, -0.2) is 0 Å². The lowest BCUT2D eigenvalue weighted by atomic mass is 10.1. The van der Waals surface area contributed by atoms with Crippen LogP contribution in [-0.2, 0) is 28.6 Å². The van der Waals surface area contributed by atoms with Gasteiger partial charge in [0.05, 0.1) is 40.3 Å². The number of allylic oxidation sites excluding steroid dienone is 6. The summed E-state index contributed by atoms with van der Waals surface area (Å²) >= 11 is 0. The van der Waals surface area contributed by atoms with Gasteiger partial charge in [0.1, 0.15) is 12.6 Å². The maximum absolute atomic E-state index is 12.7. The molecule has 0 bridgehead atoms. The van der Waals surface area contributed by atoms with Crippen molar-refractivity contribution < 1.29 is 38.2 Å². The van der Waals surface area contributed by atoms with E-state index in [9.17, 15) is 19.5 Å². The number of carbonyl (C=O) groups is 3. The number of likely N-dealkylation sites (N-methyl/N-ethyl adjacent to an activating group) is 1. The summed E-state index contributed by atoms with van der Waals surface area (Å²) in [5.41, 5.74) is 0. The van der Waals surface area contributed by atoms with Crippen molar-refractivity contribution in [3.63, 3.8) is 0 Å². The number of esters is 2. The molecule has 0 amide bonds. The van der Waals surface area contributed by atoms with Crippen molar-refractivity contribution in [2.24, 2.45) is 0 Å². The van der Waals surface area contributed by atoms with Crippen molar-refractivity contribution >= 4 is 17.9 Å². The summed E-state index contributed by atoms with van der Waals surface area (Å²) in [7, 11) is 5.41. The van der Waals surface area contributed by atoms with Crippen molar-refractivity contribution in [1.82, 2.24) is 0 Å².